The second-order valence-electron chi connectivity index (χ2n) is 9.48. The number of rotatable bonds is 8. The van der Waals surface area contributed by atoms with Gasteiger partial charge in [0.2, 0.25) is 0 Å². The van der Waals surface area contributed by atoms with Crippen LogP contribution >= 0.6 is 0 Å². The van der Waals surface area contributed by atoms with Crippen LogP contribution in [0.25, 0.3) is 5.65 Å². The van der Waals surface area contributed by atoms with Gasteiger partial charge in [-0.25, -0.2) is 9.78 Å². The van der Waals surface area contributed by atoms with Crippen molar-refractivity contribution in [2.75, 3.05) is 24.6 Å². The summed E-state index contributed by atoms with van der Waals surface area (Å²) in [5.74, 6) is -0.453. The van der Waals surface area contributed by atoms with Gasteiger partial charge in [-0.2, -0.15) is 9.61 Å². The third-order valence-electron chi connectivity index (χ3n) is 5.64. The maximum absolute atomic E-state index is 12.3. The van der Waals surface area contributed by atoms with Crippen molar-refractivity contribution in [3.63, 3.8) is 0 Å². The zero-order valence-corrected chi connectivity index (χ0v) is 19.6. The first-order chi connectivity index (χ1) is 15.0. The quantitative estimate of drug-likeness (QED) is 0.596. The minimum absolute atomic E-state index is 0.231. The highest BCUT2D eigenvalue weighted by atomic mass is 16.5. The molecule has 0 aromatic carbocycles. The molecule has 176 valence electrons. The van der Waals surface area contributed by atoms with E-state index in [-0.39, 0.29) is 12.2 Å². The highest BCUT2D eigenvalue weighted by Gasteiger charge is 2.37. The Kier molecular flexibility index (Phi) is 6.92. The predicted molar refractivity (Wildman–Crippen MR) is 121 cm³/mol. The number of piperidine rings is 1. The maximum Gasteiger partial charge on any atom is 0.337 e. The summed E-state index contributed by atoms with van der Waals surface area (Å²) in [6.45, 7) is 14.6. The van der Waals surface area contributed by atoms with Gasteiger partial charge in [-0.1, -0.05) is 6.08 Å². The fourth-order valence-electron chi connectivity index (χ4n) is 4.03. The van der Waals surface area contributed by atoms with Gasteiger partial charge in [0.1, 0.15) is 5.82 Å². The Morgan fingerprint density at radius 1 is 1.38 bits per heavy atom. The van der Waals surface area contributed by atoms with E-state index in [4.69, 9.17) is 9.47 Å². The number of hydrogen-bond acceptors (Lipinski definition) is 7. The molecule has 0 amide bonds. The van der Waals surface area contributed by atoms with E-state index in [9.17, 15) is 15.0 Å². The summed E-state index contributed by atoms with van der Waals surface area (Å²) in [5.41, 5.74) is 1.10. The van der Waals surface area contributed by atoms with Gasteiger partial charge in [0, 0.05) is 24.8 Å². The average molecular weight is 447 g/mol. The fourth-order valence-corrected chi connectivity index (χ4v) is 4.03. The third kappa shape index (κ3) is 5.11. The minimum Gasteiger partial charge on any atom is -0.479 e. The van der Waals surface area contributed by atoms with Gasteiger partial charge < -0.3 is 24.6 Å². The number of aliphatic carboxylic acids is 1. The zero-order valence-electron chi connectivity index (χ0n) is 19.6. The van der Waals surface area contributed by atoms with Gasteiger partial charge in [0.15, 0.2) is 11.8 Å². The van der Waals surface area contributed by atoms with Crippen molar-refractivity contribution in [3.05, 3.63) is 35.7 Å². The lowest BCUT2D eigenvalue weighted by Crippen LogP contribution is -2.45. The molecule has 2 N–H and O–H groups in total. The van der Waals surface area contributed by atoms with E-state index in [0.717, 1.165) is 12.8 Å². The number of carboxylic acid groups (broad SMARTS) is 1. The van der Waals surface area contributed by atoms with E-state index in [1.807, 2.05) is 20.8 Å². The first kappa shape index (κ1) is 24.2. The van der Waals surface area contributed by atoms with E-state index >= 15 is 0 Å². The molecule has 1 fully saturated rings. The molecule has 2 aromatic heterocycles. The molecule has 9 heteroatoms. The summed E-state index contributed by atoms with van der Waals surface area (Å²) in [5, 5.41) is 24.2. The van der Waals surface area contributed by atoms with Gasteiger partial charge in [-0.3, -0.25) is 0 Å². The maximum atomic E-state index is 12.3. The molecule has 1 atom stereocenters. The third-order valence-corrected chi connectivity index (χ3v) is 5.64. The Morgan fingerprint density at radius 3 is 2.56 bits per heavy atom. The molecule has 1 aliphatic heterocycles. The highest BCUT2D eigenvalue weighted by Crippen LogP contribution is 2.37. The standard InChI is InChI=1S/C23H34N4O5/c1-7-12-31-23(6)8-10-26(11-9-23)20-18(19(21(29)30)32-22(3,4)5)15(2)24-17-13-16(14-28)25-27(17)20/h7,13,19,28H,1,8-12,14H2,2-6H3,(H,29,30). The van der Waals surface area contributed by atoms with Gasteiger partial charge in [0.25, 0.3) is 0 Å². The van der Waals surface area contributed by atoms with Crippen molar-refractivity contribution < 1.29 is 24.5 Å². The monoisotopic (exact) mass is 446 g/mol. The van der Waals surface area contributed by atoms with Crippen LogP contribution in [0, 0.1) is 6.92 Å². The lowest BCUT2D eigenvalue weighted by Gasteiger charge is -2.41. The summed E-state index contributed by atoms with van der Waals surface area (Å²) in [6, 6.07) is 1.71. The number of aliphatic hydroxyl groups is 1. The van der Waals surface area contributed by atoms with E-state index in [2.05, 4.69) is 28.5 Å². The van der Waals surface area contributed by atoms with Crippen LogP contribution in [0.1, 0.15) is 63.6 Å². The molecule has 0 spiro atoms. The summed E-state index contributed by atoms with van der Waals surface area (Å²) < 4.78 is 13.6. The largest absolute Gasteiger partial charge is 0.479 e. The van der Waals surface area contributed by atoms with Crippen molar-refractivity contribution in [1.29, 1.82) is 0 Å². The van der Waals surface area contributed by atoms with Crippen LogP contribution in [-0.2, 0) is 20.9 Å². The molecule has 0 bridgehead atoms. The number of aromatic nitrogens is 3. The van der Waals surface area contributed by atoms with Crippen molar-refractivity contribution in [3.8, 4) is 0 Å². The Morgan fingerprint density at radius 2 is 2.03 bits per heavy atom. The van der Waals surface area contributed by atoms with Crippen molar-refractivity contribution >= 4 is 17.4 Å². The number of carboxylic acids is 1. The van der Waals surface area contributed by atoms with Crippen LogP contribution in [0.2, 0.25) is 0 Å². The first-order valence-electron chi connectivity index (χ1n) is 10.9. The molecule has 2 aromatic rings. The van der Waals surface area contributed by atoms with E-state index in [1.165, 1.54) is 0 Å². The summed E-state index contributed by atoms with van der Waals surface area (Å²) in [7, 11) is 0. The molecule has 1 aliphatic rings. The van der Waals surface area contributed by atoms with E-state index < -0.39 is 17.7 Å². The fraction of sp³-hybridized carbons (Fsp3) is 0.609. The van der Waals surface area contributed by atoms with Crippen molar-refractivity contribution in [1.82, 2.24) is 14.6 Å². The SMILES string of the molecule is C=CCOC1(C)CCN(c2c(C(OC(C)(C)C)C(=O)O)c(C)nc3cc(CO)nn23)CC1. The summed E-state index contributed by atoms with van der Waals surface area (Å²) in [4.78, 5) is 19.0. The molecule has 0 aliphatic carbocycles. The molecule has 0 radical (unpaired) electrons. The van der Waals surface area contributed by atoms with Crippen LogP contribution in [0.15, 0.2) is 18.7 Å². The molecular weight excluding hydrogens is 412 g/mol. The molecule has 1 unspecified atom stereocenters. The Balaban J connectivity index is 2.12. The molecule has 3 heterocycles. The van der Waals surface area contributed by atoms with Crippen LogP contribution < -0.4 is 4.90 Å². The predicted octanol–water partition coefficient (Wildman–Crippen LogP) is 3.03. The molecule has 9 nitrogen and oxygen atoms in total. The number of anilines is 1. The van der Waals surface area contributed by atoms with Crippen molar-refractivity contribution in [2.24, 2.45) is 0 Å². The summed E-state index contributed by atoms with van der Waals surface area (Å²) >= 11 is 0. The highest BCUT2D eigenvalue weighted by molar-refractivity contribution is 5.78. The second kappa shape index (κ2) is 9.17. The van der Waals surface area contributed by atoms with Crippen LogP contribution in [0.4, 0.5) is 5.82 Å². The Bertz CT molecular complexity index is 986. The zero-order chi connectivity index (χ0) is 23.7. The van der Waals surface area contributed by atoms with E-state index in [1.54, 1.807) is 23.6 Å². The lowest BCUT2D eigenvalue weighted by atomic mass is 9.92. The van der Waals surface area contributed by atoms with Crippen LogP contribution in [0.3, 0.4) is 0 Å². The number of nitrogens with zero attached hydrogens (tertiary/aromatic N) is 4. The molecule has 0 saturated carbocycles. The number of carbonyl (C=O) groups is 1. The molecule has 1 saturated heterocycles. The molecule has 32 heavy (non-hydrogen) atoms. The lowest BCUT2D eigenvalue weighted by molar-refractivity contribution is -0.160. The number of ether oxygens (including phenoxy) is 2. The molecular formula is C23H34N4O5. The van der Waals surface area contributed by atoms with Gasteiger partial charge in [0.05, 0.1) is 35.7 Å². The number of fused-ring (bicyclic) bond motifs is 1. The normalized spacial score (nSPS) is 17.5. The number of aryl methyl sites for hydroxylation is 1. The second-order valence-corrected chi connectivity index (χ2v) is 9.48. The Labute approximate surface area is 188 Å². The topological polar surface area (TPSA) is 109 Å². The minimum atomic E-state index is -1.21. The number of hydrogen-bond donors (Lipinski definition) is 2. The first-order valence-corrected chi connectivity index (χ1v) is 10.9. The summed E-state index contributed by atoms with van der Waals surface area (Å²) in [6.07, 6.45) is 2.05. The Hall–Kier alpha value is -2.49. The van der Waals surface area contributed by atoms with E-state index in [0.29, 0.717) is 48.1 Å². The average Bonchev–Trinajstić information content (AvgIpc) is 3.12. The van der Waals surface area contributed by atoms with Gasteiger partial charge >= 0.3 is 5.97 Å². The number of aliphatic hydroxyl groups excluding tert-OH is 1. The van der Waals surface area contributed by atoms with Crippen LogP contribution in [0.5, 0.6) is 0 Å². The van der Waals surface area contributed by atoms with Gasteiger partial charge in [-0.15, -0.1) is 6.58 Å². The smallest absolute Gasteiger partial charge is 0.337 e. The van der Waals surface area contributed by atoms with Gasteiger partial charge in [-0.05, 0) is 47.5 Å². The van der Waals surface area contributed by atoms with Crippen LogP contribution in [-0.4, -0.2) is 61.7 Å². The van der Waals surface area contributed by atoms with Crippen molar-refractivity contribution in [2.45, 2.75) is 71.4 Å². The molecule has 3 rings (SSSR count).